The molecule has 1 aromatic carbocycles. The number of ether oxygens (including phenoxy) is 1. The summed E-state index contributed by atoms with van der Waals surface area (Å²) in [5.41, 5.74) is 1.88. The van der Waals surface area contributed by atoms with E-state index in [2.05, 4.69) is 15.5 Å². The molecule has 1 fully saturated rings. The molecule has 1 aromatic rings. The molecule has 2 rings (SSSR count). The molecule has 0 saturated carbocycles. The van der Waals surface area contributed by atoms with Crippen LogP contribution in [-0.4, -0.2) is 50.6 Å². The fraction of sp³-hybridized carbons (Fsp3) is 0.588. The van der Waals surface area contributed by atoms with E-state index in [9.17, 15) is 4.79 Å². The molecular weight excluding hydrogens is 349 g/mol. The minimum Gasteiger partial charge on any atom is -0.490 e. The van der Waals surface area contributed by atoms with Gasteiger partial charge in [0.05, 0.1) is 5.69 Å². The standard InChI is InChI=1S/C17H27N3O2.2ClH/c1-13-6-7-15(16(11-13)22-10-9-20(2)3)19-17(21)12-14-5-4-8-18-14;;/h6-7,11,14,18H,4-5,8-10,12H2,1-3H3,(H,19,21);2*1H. The smallest absolute Gasteiger partial charge is 0.226 e. The average Bonchev–Trinajstić information content (AvgIpc) is 2.94. The first-order valence-electron chi connectivity index (χ1n) is 7.96. The molecule has 0 bridgehead atoms. The molecule has 0 aliphatic carbocycles. The van der Waals surface area contributed by atoms with Gasteiger partial charge in [-0.15, -0.1) is 24.8 Å². The minimum absolute atomic E-state index is 0. The molecule has 1 saturated heterocycles. The predicted molar refractivity (Wildman–Crippen MR) is 104 cm³/mol. The van der Waals surface area contributed by atoms with Gasteiger partial charge in [0.15, 0.2) is 0 Å². The van der Waals surface area contributed by atoms with Crippen molar-refractivity contribution in [2.24, 2.45) is 0 Å². The number of anilines is 1. The second kappa shape index (κ2) is 11.5. The summed E-state index contributed by atoms with van der Waals surface area (Å²) in [7, 11) is 4.02. The molecule has 24 heavy (non-hydrogen) atoms. The van der Waals surface area contributed by atoms with E-state index >= 15 is 0 Å². The first-order valence-corrected chi connectivity index (χ1v) is 7.96. The van der Waals surface area contributed by atoms with Gasteiger partial charge < -0.3 is 20.3 Å². The van der Waals surface area contributed by atoms with Crippen LogP contribution < -0.4 is 15.4 Å². The number of nitrogens with zero attached hydrogens (tertiary/aromatic N) is 1. The molecule has 7 heteroatoms. The molecule has 0 spiro atoms. The van der Waals surface area contributed by atoms with E-state index < -0.39 is 0 Å². The van der Waals surface area contributed by atoms with Crippen LogP contribution in [0.25, 0.3) is 0 Å². The second-order valence-electron chi connectivity index (χ2n) is 6.20. The van der Waals surface area contributed by atoms with Crippen molar-refractivity contribution in [2.45, 2.75) is 32.2 Å². The third-order valence-electron chi connectivity index (χ3n) is 3.80. The van der Waals surface area contributed by atoms with Crippen LogP contribution in [0.3, 0.4) is 0 Å². The zero-order valence-electron chi connectivity index (χ0n) is 14.6. The number of benzene rings is 1. The van der Waals surface area contributed by atoms with Crippen LogP contribution in [0.2, 0.25) is 0 Å². The highest BCUT2D eigenvalue weighted by molar-refractivity contribution is 5.92. The number of hydrogen-bond acceptors (Lipinski definition) is 4. The summed E-state index contributed by atoms with van der Waals surface area (Å²) < 4.78 is 5.83. The van der Waals surface area contributed by atoms with Crippen LogP contribution in [0.15, 0.2) is 18.2 Å². The van der Waals surface area contributed by atoms with Crippen LogP contribution in [0.1, 0.15) is 24.8 Å². The first-order chi connectivity index (χ1) is 10.5. The van der Waals surface area contributed by atoms with E-state index in [-0.39, 0.29) is 30.7 Å². The highest BCUT2D eigenvalue weighted by atomic mass is 35.5. The van der Waals surface area contributed by atoms with Crippen LogP contribution in [0.4, 0.5) is 5.69 Å². The van der Waals surface area contributed by atoms with Crippen molar-refractivity contribution in [1.29, 1.82) is 0 Å². The lowest BCUT2D eigenvalue weighted by Crippen LogP contribution is -2.27. The van der Waals surface area contributed by atoms with E-state index in [1.54, 1.807) is 0 Å². The third kappa shape index (κ3) is 7.71. The Bertz CT molecular complexity index is 507. The van der Waals surface area contributed by atoms with Crippen LogP contribution in [0, 0.1) is 6.92 Å². The highest BCUT2D eigenvalue weighted by Gasteiger charge is 2.18. The van der Waals surface area contributed by atoms with Crippen molar-refractivity contribution in [3.05, 3.63) is 23.8 Å². The molecule has 1 heterocycles. The maximum absolute atomic E-state index is 12.2. The largest absolute Gasteiger partial charge is 0.490 e. The van der Waals surface area contributed by atoms with Gasteiger partial charge in [0.1, 0.15) is 12.4 Å². The molecule has 1 amide bonds. The number of halogens is 2. The molecule has 1 unspecified atom stereocenters. The molecule has 0 aromatic heterocycles. The van der Waals surface area contributed by atoms with Gasteiger partial charge in [0.25, 0.3) is 0 Å². The molecule has 1 aliphatic rings. The number of amides is 1. The minimum atomic E-state index is 0. The zero-order valence-corrected chi connectivity index (χ0v) is 16.3. The molecule has 1 atom stereocenters. The van der Waals surface area contributed by atoms with Gasteiger partial charge in [0, 0.05) is 19.0 Å². The fourth-order valence-corrected chi connectivity index (χ4v) is 2.55. The number of carbonyl (C=O) groups is 1. The second-order valence-corrected chi connectivity index (χ2v) is 6.20. The van der Waals surface area contributed by atoms with Crippen molar-refractivity contribution in [2.75, 3.05) is 39.1 Å². The van der Waals surface area contributed by atoms with Gasteiger partial charge in [-0.3, -0.25) is 4.79 Å². The summed E-state index contributed by atoms with van der Waals surface area (Å²) in [6.45, 7) is 4.48. The molecule has 5 nitrogen and oxygen atoms in total. The molecular formula is C17H29Cl2N3O2. The van der Waals surface area contributed by atoms with Gasteiger partial charge in [-0.25, -0.2) is 0 Å². The number of carbonyl (C=O) groups excluding carboxylic acids is 1. The summed E-state index contributed by atoms with van der Waals surface area (Å²) in [5, 5.41) is 6.33. The quantitative estimate of drug-likeness (QED) is 0.766. The summed E-state index contributed by atoms with van der Waals surface area (Å²) in [4.78, 5) is 14.2. The first kappa shape index (κ1) is 23.0. The van der Waals surface area contributed by atoms with Crippen molar-refractivity contribution >= 4 is 36.4 Å². The summed E-state index contributed by atoms with van der Waals surface area (Å²) >= 11 is 0. The highest BCUT2D eigenvalue weighted by Crippen LogP contribution is 2.26. The Morgan fingerprint density at radius 2 is 2.12 bits per heavy atom. The van der Waals surface area contributed by atoms with Gasteiger partial charge in [-0.1, -0.05) is 6.07 Å². The lowest BCUT2D eigenvalue weighted by molar-refractivity contribution is -0.116. The van der Waals surface area contributed by atoms with Crippen LogP contribution >= 0.6 is 24.8 Å². The number of likely N-dealkylation sites (N-methyl/N-ethyl adjacent to an activating group) is 1. The van der Waals surface area contributed by atoms with E-state index in [0.29, 0.717) is 19.1 Å². The Kier molecular flexibility index (Phi) is 11.0. The predicted octanol–water partition coefficient (Wildman–Crippen LogP) is 2.86. The monoisotopic (exact) mass is 377 g/mol. The Morgan fingerprint density at radius 1 is 1.38 bits per heavy atom. The number of nitrogens with one attached hydrogen (secondary N) is 2. The van der Waals surface area contributed by atoms with Crippen LogP contribution in [0.5, 0.6) is 5.75 Å². The Hall–Kier alpha value is -1.01. The molecule has 138 valence electrons. The average molecular weight is 378 g/mol. The van der Waals surface area contributed by atoms with Gasteiger partial charge in [0.2, 0.25) is 5.91 Å². The maximum Gasteiger partial charge on any atom is 0.226 e. The zero-order chi connectivity index (χ0) is 15.9. The number of aryl methyl sites for hydroxylation is 1. The van der Waals surface area contributed by atoms with Gasteiger partial charge in [-0.05, 0) is 58.1 Å². The Balaban J connectivity index is 0.00000264. The topological polar surface area (TPSA) is 53.6 Å². The summed E-state index contributed by atoms with van der Waals surface area (Å²) in [6.07, 6.45) is 2.75. The lowest BCUT2D eigenvalue weighted by atomic mass is 10.1. The van der Waals surface area contributed by atoms with E-state index in [4.69, 9.17) is 4.74 Å². The number of hydrogen-bond donors (Lipinski definition) is 2. The maximum atomic E-state index is 12.2. The van der Waals surface area contributed by atoms with E-state index in [1.165, 1.54) is 0 Å². The van der Waals surface area contributed by atoms with Gasteiger partial charge in [-0.2, -0.15) is 0 Å². The van der Waals surface area contributed by atoms with Crippen LogP contribution in [-0.2, 0) is 4.79 Å². The van der Waals surface area contributed by atoms with E-state index in [1.807, 2.05) is 39.2 Å². The van der Waals surface area contributed by atoms with Crippen molar-refractivity contribution in [3.63, 3.8) is 0 Å². The molecule has 0 radical (unpaired) electrons. The van der Waals surface area contributed by atoms with E-state index in [0.717, 1.165) is 42.9 Å². The molecule has 2 N–H and O–H groups in total. The summed E-state index contributed by atoms with van der Waals surface area (Å²) in [5.74, 6) is 0.787. The third-order valence-corrected chi connectivity index (χ3v) is 3.80. The SMILES string of the molecule is Cc1ccc(NC(=O)CC2CCCN2)c(OCCN(C)C)c1.Cl.Cl. The molecule has 1 aliphatic heterocycles. The Morgan fingerprint density at radius 3 is 2.75 bits per heavy atom. The lowest BCUT2D eigenvalue weighted by Gasteiger charge is -2.16. The normalized spacial score (nSPS) is 16.2. The summed E-state index contributed by atoms with van der Waals surface area (Å²) in [6, 6.07) is 6.19. The number of rotatable bonds is 7. The van der Waals surface area contributed by atoms with Crippen molar-refractivity contribution in [1.82, 2.24) is 10.2 Å². The van der Waals surface area contributed by atoms with Gasteiger partial charge >= 0.3 is 0 Å². The van der Waals surface area contributed by atoms with Crippen molar-refractivity contribution in [3.8, 4) is 5.75 Å². The Labute approximate surface area is 157 Å². The fourth-order valence-electron chi connectivity index (χ4n) is 2.55. The van der Waals surface area contributed by atoms with Crippen molar-refractivity contribution < 1.29 is 9.53 Å².